The van der Waals surface area contributed by atoms with Crippen LogP contribution in [0.5, 0.6) is 0 Å². The second-order valence-corrected chi connectivity index (χ2v) is 7.46. The summed E-state index contributed by atoms with van der Waals surface area (Å²) in [6.07, 6.45) is 0.500. The summed E-state index contributed by atoms with van der Waals surface area (Å²) in [5.41, 5.74) is 3.00. The SMILES string of the molecule is Cc1cccc(S(=O)(=O)NCCc2ccc3c(c2)oc(=O)n3C)c1. The van der Waals surface area contributed by atoms with Gasteiger partial charge in [-0.3, -0.25) is 4.57 Å². The Labute approximate surface area is 139 Å². The zero-order valence-electron chi connectivity index (χ0n) is 13.4. The number of fused-ring (bicyclic) bond motifs is 1. The highest BCUT2D eigenvalue weighted by Crippen LogP contribution is 2.15. The lowest BCUT2D eigenvalue weighted by molar-refractivity contribution is 0.528. The first-order valence-corrected chi connectivity index (χ1v) is 9.00. The third-order valence-electron chi connectivity index (χ3n) is 3.86. The van der Waals surface area contributed by atoms with Gasteiger partial charge in [0.2, 0.25) is 10.0 Å². The summed E-state index contributed by atoms with van der Waals surface area (Å²) < 4.78 is 33.7. The lowest BCUT2D eigenvalue weighted by Crippen LogP contribution is -2.26. The lowest BCUT2D eigenvalue weighted by atomic mass is 10.1. The van der Waals surface area contributed by atoms with Crippen molar-refractivity contribution in [2.24, 2.45) is 7.05 Å². The molecule has 6 nitrogen and oxygen atoms in total. The predicted octanol–water partition coefficient (Wildman–Crippen LogP) is 1.96. The van der Waals surface area contributed by atoms with Crippen LogP contribution in [-0.2, 0) is 23.5 Å². The molecule has 1 N–H and O–H groups in total. The number of aryl methyl sites for hydroxylation is 2. The lowest BCUT2D eigenvalue weighted by Gasteiger charge is -2.07. The van der Waals surface area contributed by atoms with Crippen LogP contribution < -0.4 is 10.5 Å². The Balaban J connectivity index is 1.71. The molecule has 0 unspecified atom stereocenters. The van der Waals surface area contributed by atoms with Gasteiger partial charge in [-0.05, 0) is 48.7 Å². The molecule has 0 saturated carbocycles. The number of aromatic nitrogens is 1. The summed E-state index contributed by atoms with van der Waals surface area (Å²) in [5.74, 6) is -0.415. The van der Waals surface area contributed by atoms with Crippen molar-refractivity contribution in [3.63, 3.8) is 0 Å². The van der Waals surface area contributed by atoms with Crippen LogP contribution in [0.2, 0.25) is 0 Å². The van der Waals surface area contributed by atoms with E-state index in [1.54, 1.807) is 37.4 Å². The molecule has 0 fully saturated rings. The van der Waals surface area contributed by atoms with Crippen molar-refractivity contribution >= 4 is 21.1 Å². The summed E-state index contributed by atoms with van der Waals surface area (Å²) in [6.45, 7) is 2.11. The quantitative estimate of drug-likeness (QED) is 0.766. The maximum Gasteiger partial charge on any atom is 0.419 e. The highest BCUT2D eigenvalue weighted by atomic mass is 32.2. The van der Waals surface area contributed by atoms with E-state index in [1.807, 2.05) is 19.1 Å². The first kappa shape index (κ1) is 16.5. The van der Waals surface area contributed by atoms with Crippen LogP contribution in [0.15, 0.2) is 56.6 Å². The van der Waals surface area contributed by atoms with E-state index in [2.05, 4.69) is 4.72 Å². The Morgan fingerprint density at radius 2 is 1.96 bits per heavy atom. The van der Waals surface area contributed by atoms with E-state index in [0.717, 1.165) is 11.1 Å². The first-order chi connectivity index (χ1) is 11.4. The number of rotatable bonds is 5. The van der Waals surface area contributed by atoms with Crippen molar-refractivity contribution in [1.82, 2.24) is 9.29 Å². The Hall–Kier alpha value is -2.38. The number of nitrogens with zero attached hydrogens (tertiary/aromatic N) is 1. The molecule has 1 aromatic heterocycles. The molecule has 1 heterocycles. The number of benzene rings is 2. The number of nitrogens with one attached hydrogen (secondary N) is 1. The summed E-state index contributed by atoms with van der Waals surface area (Å²) in [6, 6.07) is 12.2. The van der Waals surface area contributed by atoms with E-state index in [0.29, 0.717) is 17.5 Å². The Morgan fingerprint density at radius 3 is 2.71 bits per heavy atom. The smallest absolute Gasteiger partial charge is 0.408 e. The van der Waals surface area contributed by atoms with Crippen molar-refractivity contribution in [2.75, 3.05) is 6.54 Å². The molecule has 0 saturated heterocycles. The standard InChI is InChI=1S/C17H18N2O4S/c1-12-4-3-5-14(10-12)24(21,22)18-9-8-13-6-7-15-16(11-13)23-17(20)19(15)2/h3-7,10-11,18H,8-9H2,1-2H3. The molecule has 24 heavy (non-hydrogen) atoms. The van der Waals surface area contributed by atoms with Crippen LogP contribution in [0.1, 0.15) is 11.1 Å². The van der Waals surface area contributed by atoms with E-state index in [-0.39, 0.29) is 11.4 Å². The summed E-state index contributed by atoms with van der Waals surface area (Å²) >= 11 is 0. The van der Waals surface area contributed by atoms with Gasteiger partial charge in [-0.1, -0.05) is 18.2 Å². The van der Waals surface area contributed by atoms with Crippen LogP contribution in [-0.4, -0.2) is 19.5 Å². The molecule has 3 rings (SSSR count). The van der Waals surface area contributed by atoms with Gasteiger partial charge in [0.05, 0.1) is 10.4 Å². The fraction of sp³-hybridized carbons (Fsp3) is 0.235. The van der Waals surface area contributed by atoms with E-state index >= 15 is 0 Å². The molecular weight excluding hydrogens is 328 g/mol. The normalized spacial score (nSPS) is 11.9. The summed E-state index contributed by atoms with van der Waals surface area (Å²) in [5, 5.41) is 0. The van der Waals surface area contributed by atoms with Gasteiger partial charge in [-0.2, -0.15) is 0 Å². The average Bonchev–Trinajstić information content (AvgIpc) is 2.81. The molecule has 0 bridgehead atoms. The van der Waals surface area contributed by atoms with Gasteiger partial charge >= 0.3 is 5.76 Å². The van der Waals surface area contributed by atoms with Crippen LogP contribution in [0, 0.1) is 6.92 Å². The fourth-order valence-corrected chi connectivity index (χ4v) is 3.67. The second kappa shape index (κ2) is 6.26. The molecule has 7 heteroatoms. The molecule has 3 aromatic rings. The van der Waals surface area contributed by atoms with Gasteiger partial charge in [0.15, 0.2) is 5.58 Å². The largest absolute Gasteiger partial charge is 0.419 e. The van der Waals surface area contributed by atoms with E-state index in [4.69, 9.17) is 4.42 Å². The molecular formula is C17H18N2O4S. The minimum atomic E-state index is -3.53. The van der Waals surface area contributed by atoms with E-state index < -0.39 is 15.8 Å². The monoisotopic (exact) mass is 346 g/mol. The van der Waals surface area contributed by atoms with E-state index in [1.165, 1.54) is 4.57 Å². The number of oxazole rings is 1. The molecule has 0 radical (unpaired) electrons. The summed E-state index contributed by atoms with van der Waals surface area (Å²) in [7, 11) is -1.88. The molecule has 2 aromatic carbocycles. The first-order valence-electron chi connectivity index (χ1n) is 7.51. The van der Waals surface area contributed by atoms with Gasteiger partial charge in [-0.25, -0.2) is 17.9 Å². The molecule has 0 atom stereocenters. The zero-order valence-corrected chi connectivity index (χ0v) is 14.3. The average molecular weight is 346 g/mol. The molecule has 0 aliphatic heterocycles. The van der Waals surface area contributed by atoms with E-state index in [9.17, 15) is 13.2 Å². The Bertz CT molecular complexity index is 1050. The zero-order chi connectivity index (χ0) is 17.3. The van der Waals surface area contributed by atoms with Crippen LogP contribution in [0.25, 0.3) is 11.1 Å². The van der Waals surface area contributed by atoms with Gasteiger partial charge in [-0.15, -0.1) is 0 Å². The molecule has 0 aliphatic carbocycles. The highest BCUT2D eigenvalue weighted by molar-refractivity contribution is 7.89. The second-order valence-electron chi connectivity index (χ2n) is 5.69. The Kier molecular flexibility index (Phi) is 4.29. The fourth-order valence-electron chi connectivity index (χ4n) is 2.53. The van der Waals surface area contributed by atoms with Crippen molar-refractivity contribution in [3.8, 4) is 0 Å². The minimum absolute atomic E-state index is 0.256. The van der Waals surface area contributed by atoms with Gasteiger partial charge in [0, 0.05) is 13.6 Å². The third kappa shape index (κ3) is 3.27. The number of hydrogen-bond donors (Lipinski definition) is 1. The number of hydrogen-bond acceptors (Lipinski definition) is 4. The predicted molar refractivity (Wildman–Crippen MR) is 91.5 cm³/mol. The third-order valence-corrected chi connectivity index (χ3v) is 5.32. The van der Waals surface area contributed by atoms with Gasteiger partial charge in [0.25, 0.3) is 0 Å². The molecule has 0 aliphatic rings. The molecule has 126 valence electrons. The van der Waals surface area contributed by atoms with Crippen molar-refractivity contribution in [2.45, 2.75) is 18.2 Å². The maximum atomic E-state index is 12.3. The topological polar surface area (TPSA) is 81.3 Å². The van der Waals surface area contributed by atoms with Crippen molar-refractivity contribution in [3.05, 3.63) is 64.1 Å². The molecule has 0 amide bonds. The van der Waals surface area contributed by atoms with Crippen LogP contribution in [0.3, 0.4) is 0 Å². The molecule has 0 spiro atoms. The number of sulfonamides is 1. The van der Waals surface area contributed by atoms with Gasteiger partial charge < -0.3 is 4.42 Å². The highest BCUT2D eigenvalue weighted by Gasteiger charge is 2.13. The minimum Gasteiger partial charge on any atom is -0.408 e. The van der Waals surface area contributed by atoms with Crippen molar-refractivity contribution in [1.29, 1.82) is 0 Å². The maximum absolute atomic E-state index is 12.3. The van der Waals surface area contributed by atoms with Crippen LogP contribution in [0.4, 0.5) is 0 Å². The van der Waals surface area contributed by atoms with Crippen molar-refractivity contribution < 1.29 is 12.8 Å². The van der Waals surface area contributed by atoms with Crippen LogP contribution >= 0.6 is 0 Å². The summed E-state index contributed by atoms with van der Waals surface area (Å²) in [4.78, 5) is 11.7. The van der Waals surface area contributed by atoms with Gasteiger partial charge in [0.1, 0.15) is 0 Å². The Morgan fingerprint density at radius 1 is 1.17 bits per heavy atom.